The Hall–Kier alpha value is -2.36. The zero-order chi connectivity index (χ0) is 12.7. The molecule has 0 radical (unpaired) electrons. The molecule has 90 valence electrons. The third kappa shape index (κ3) is 1.54. The number of hydrogen-bond donors (Lipinski definition) is 2. The van der Waals surface area contributed by atoms with Crippen molar-refractivity contribution >= 4 is 11.0 Å². The molecule has 0 atom stereocenters. The topological polar surface area (TPSA) is 61.8 Å². The van der Waals surface area contributed by atoms with Crippen molar-refractivity contribution in [3.05, 3.63) is 41.5 Å². The van der Waals surface area contributed by atoms with Gasteiger partial charge < -0.3 is 5.11 Å². The number of hydrogen-bond acceptors (Lipinski definition) is 3. The summed E-state index contributed by atoms with van der Waals surface area (Å²) in [6.07, 6.45) is 0. The van der Waals surface area contributed by atoms with Crippen molar-refractivity contribution in [3.63, 3.8) is 0 Å². The first-order chi connectivity index (χ1) is 8.66. The van der Waals surface area contributed by atoms with E-state index in [4.69, 9.17) is 0 Å². The van der Waals surface area contributed by atoms with Crippen molar-refractivity contribution in [1.82, 2.24) is 15.4 Å². The average molecular weight is 239 g/mol. The fourth-order valence-electron chi connectivity index (χ4n) is 2.25. The molecule has 0 aliphatic heterocycles. The molecule has 0 amide bonds. The zero-order valence-corrected chi connectivity index (χ0v) is 10.2. The summed E-state index contributed by atoms with van der Waals surface area (Å²) in [5.41, 5.74) is 5.31. The van der Waals surface area contributed by atoms with Crippen LogP contribution in [0.3, 0.4) is 0 Å². The molecule has 1 aromatic heterocycles. The smallest absolute Gasteiger partial charge is 0.126 e. The maximum atomic E-state index is 10.2. The summed E-state index contributed by atoms with van der Waals surface area (Å²) in [7, 11) is 0. The van der Waals surface area contributed by atoms with Gasteiger partial charge in [0.25, 0.3) is 0 Å². The van der Waals surface area contributed by atoms with E-state index in [1.165, 1.54) is 0 Å². The number of phenols is 1. The van der Waals surface area contributed by atoms with E-state index < -0.39 is 0 Å². The molecule has 0 spiro atoms. The number of H-pyrrole nitrogens is 1. The van der Waals surface area contributed by atoms with Crippen molar-refractivity contribution in [3.8, 4) is 16.9 Å². The third-order valence-electron chi connectivity index (χ3n) is 3.09. The summed E-state index contributed by atoms with van der Waals surface area (Å²) in [4.78, 5) is 0. The fourth-order valence-corrected chi connectivity index (χ4v) is 2.25. The van der Waals surface area contributed by atoms with Gasteiger partial charge in [-0.25, -0.2) is 0 Å². The number of nitrogens with zero attached hydrogens (tertiary/aromatic N) is 2. The number of phenolic OH excluding ortho intramolecular Hbond substituents is 1. The van der Waals surface area contributed by atoms with Crippen molar-refractivity contribution in [2.45, 2.75) is 13.8 Å². The first-order valence-corrected chi connectivity index (χ1v) is 5.77. The van der Waals surface area contributed by atoms with Gasteiger partial charge >= 0.3 is 0 Å². The van der Waals surface area contributed by atoms with Crippen LogP contribution in [0.1, 0.15) is 11.1 Å². The summed E-state index contributed by atoms with van der Waals surface area (Å²) in [6.45, 7) is 3.91. The molecule has 0 unspecified atom stereocenters. The number of aryl methyl sites for hydroxylation is 2. The van der Waals surface area contributed by atoms with Gasteiger partial charge in [-0.3, -0.25) is 5.10 Å². The van der Waals surface area contributed by atoms with Crippen LogP contribution >= 0.6 is 0 Å². The number of rotatable bonds is 1. The molecule has 1 heterocycles. The van der Waals surface area contributed by atoms with Gasteiger partial charge in [0, 0.05) is 11.1 Å². The Bertz CT molecular complexity index is 731. The number of aromatic hydroxyl groups is 1. The molecular weight excluding hydrogens is 226 g/mol. The van der Waals surface area contributed by atoms with E-state index in [-0.39, 0.29) is 0 Å². The highest BCUT2D eigenvalue weighted by atomic mass is 16.3. The molecular formula is C14H13N3O. The first kappa shape index (κ1) is 10.8. The lowest BCUT2D eigenvalue weighted by Gasteiger charge is -2.09. The van der Waals surface area contributed by atoms with Crippen LogP contribution in [-0.2, 0) is 0 Å². The molecule has 0 aliphatic carbocycles. The Balaban J connectivity index is 2.36. The van der Waals surface area contributed by atoms with E-state index in [1.807, 2.05) is 44.2 Å². The van der Waals surface area contributed by atoms with Crippen LogP contribution in [0, 0.1) is 13.8 Å². The van der Waals surface area contributed by atoms with Crippen LogP contribution in [0.4, 0.5) is 0 Å². The van der Waals surface area contributed by atoms with Crippen molar-refractivity contribution in [2.75, 3.05) is 0 Å². The van der Waals surface area contributed by atoms with Crippen LogP contribution in [-0.4, -0.2) is 20.5 Å². The predicted octanol–water partition coefficient (Wildman–Crippen LogP) is 2.95. The molecule has 0 bridgehead atoms. The quantitative estimate of drug-likeness (QED) is 0.686. The Morgan fingerprint density at radius 3 is 2.78 bits per heavy atom. The SMILES string of the molecule is Cc1cc(C)c(O)c(-c2cccc3[nH]nnc23)c1. The highest BCUT2D eigenvalue weighted by Gasteiger charge is 2.12. The number of aromatic amines is 1. The summed E-state index contributed by atoms with van der Waals surface area (Å²) in [5, 5.41) is 20.9. The first-order valence-electron chi connectivity index (χ1n) is 5.77. The van der Waals surface area contributed by atoms with Crippen molar-refractivity contribution in [2.24, 2.45) is 0 Å². The monoisotopic (exact) mass is 239 g/mol. The largest absolute Gasteiger partial charge is 0.507 e. The maximum absolute atomic E-state index is 10.2. The van der Waals surface area contributed by atoms with E-state index >= 15 is 0 Å². The zero-order valence-electron chi connectivity index (χ0n) is 10.2. The highest BCUT2D eigenvalue weighted by Crippen LogP contribution is 2.35. The van der Waals surface area contributed by atoms with Gasteiger partial charge in [0.15, 0.2) is 0 Å². The number of fused-ring (bicyclic) bond motifs is 1. The third-order valence-corrected chi connectivity index (χ3v) is 3.09. The maximum Gasteiger partial charge on any atom is 0.126 e. The Morgan fingerprint density at radius 1 is 1.11 bits per heavy atom. The predicted molar refractivity (Wildman–Crippen MR) is 70.5 cm³/mol. The lowest BCUT2D eigenvalue weighted by molar-refractivity contribution is 0.473. The van der Waals surface area contributed by atoms with E-state index in [9.17, 15) is 5.11 Å². The van der Waals surface area contributed by atoms with Crippen LogP contribution in [0.5, 0.6) is 5.75 Å². The van der Waals surface area contributed by atoms with E-state index in [0.29, 0.717) is 5.75 Å². The minimum absolute atomic E-state index is 0.302. The van der Waals surface area contributed by atoms with E-state index in [0.717, 1.165) is 33.3 Å². The second-order valence-corrected chi connectivity index (χ2v) is 4.49. The fraction of sp³-hybridized carbons (Fsp3) is 0.143. The van der Waals surface area contributed by atoms with E-state index in [1.54, 1.807) is 0 Å². The second kappa shape index (κ2) is 3.84. The molecule has 0 aliphatic rings. The lowest BCUT2D eigenvalue weighted by Crippen LogP contribution is -1.87. The molecule has 0 fully saturated rings. The highest BCUT2D eigenvalue weighted by molar-refractivity contribution is 5.93. The van der Waals surface area contributed by atoms with Crippen LogP contribution < -0.4 is 0 Å². The molecule has 0 saturated carbocycles. The molecule has 2 N–H and O–H groups in total. The van der Waals surface area contributed by atoms with Crippen molar-refractivity contribution < 1.29 is 5.11 Å². The second-order valence-electron chi connectivity index (χ2n) is 4.49. The summed E-state index contributed by atoms with van der Waals surface area (Å²) >= 11 is 0. The standard InChI is InChI=1S/C14H13N3O/c1-8-6-9(2)14(18)11(7-8)10-4-3-5-12-13(10)16-17-15-12/h3-7,18H,1-2H3,(H,15,16,17). The van der Waals surface area contributed by atoms with Gasteiger partial charge in [0.2, 0.25) is 0 Å². The Morgan fingerprint density at radius 2 is 1.94 bits per heavy atom. The summed E-state index contributed by atoms with van der Waals surface area (Å²) in [5.74, 6) is 0.302. The normalized spacial score (nSPS) is 11.0. The van der Waals surface area contributed by atoms with Crippen LogP contribution in [0.25, 0.3) is 22.2 Å². The molecule has 2 aromatic carbocycles. The van der Waals surface area contributed by atoms with Crippen molar-refractivity contribution in [1.29, 1.82) is 0 Å². The number of benzene rings is 2. The van der Waals surface area contributed by atoms with Gasteiger partial charge in [-0.1, -0.05) is 23.4 Å². The Kier molecular flexibility index (Phi) is 2.30. The van der Waals surface area contributed by atoms with Gasteiger partial charge in [-0.2, -0.15) is 0 Å². The van der Waals surface area contributed by atoms with Crippen LogP contribution in [0.15, 0.2) is 30.3 Å². The van der Waals surface area contributed by atoms with Crippen LogP contribution in [0.2, 0.25) is 0 Å². The average Bonchev–Trinajstić information content (AvgIpc) is 2.81. The van der Waals surface area contributed by atoms with Gasteiger partial charge in [-0.05, 0) is 37.1 Å². The minimum atomic E-state index is 0.302. The van der Waals surface area contributed by atoms with Gasteiger partial charge in [0.1, 0.15) is 11.3 Å². The lowest BCUT2D eigenvalue weighted by atomic mass is 9.98. The number of aromatic nitrogens is 3. The molecule has 3 aromatic rings. The van der Waals surface area contributed by atoms with E-state index in [2.05, 4.69) is 15.4 Å². The molecule has 18 heavy (non-hydrogen) atoms. The summed E-state index contributed by atoms with van der Waals surface area (Å²) in [6, 6.07) is 9.71. The van der Waals surface area contributed by atoms with Gasteiger partial charge in [-0.15, -0.1) is 5.10 Å². The summed E-state index contributed by atoms with van der Waals surface area (Å²) < 4.78 is 0. The minimum Gasteiger partial charge on any atom is -0.507 e. The number of nitrogens with one attached hydrogen (secondary N) is 1. The molecule has 4 heteroatoms. The molecule has 0 saturated heterocycles. The molecule has 4 nitrogen and oxygen atoms in total. The molecule has 3 rings (SSSR count). The van der Waals surface area contributed by atoms with Gasteiger partial charge in [0.05, 0.1) is 5.52 Å². The Labute approximate surface area is 104 Å².